The van der Waals surface area contributed by atoms with E-state index in [4.69, 9.17) is 4.74 Å². The van der Waals surface area contributed by atoms with Gasteiger partial charge in [-0.3, -0.25) is 0 Å². The van der Waals surface area contributed by atoms with Gasteiger partial charge in [-0.2, -0.15) is 0 Å². The quantitative estimate of drug-likeness (QED) is 0.661. The summed E-state index contributed by atoms with van der Waals surface area (Å²) in [5.41, 5.74) is -0.237. The predicted octanol–water partition coefficient (Wildman–Crippen LogP) is 1.57. The maximum absolute atomic E-state index is 9.18. The summed E-state index contributed by atoms with van der Waals surface area (Å²) in [4.78, 5) is 0. The van der Waals surface area contributed by atoms with E-state index in [9.17, 15) is 5.11 Å². The van der Waals surface area contributed by atoms with Gasteiger partial charge in [0.05, 0.1) is 18.3 Å². The average Bonchev–Trinajstić information content (AvgIpc) is 2.27. The molecule has 1 rings (SSSR count). The lowest BCUT2D eigenvalue weighted by atomic mass is 9.87. The van der Waals surface area contributed by atoms with Crippen molar-refractivity contribution in [3.05, 3.63) is 0 Å². The molecule has 1 N–H and O–H groups in total. The Labute approximate surface area is 68.6 Å². The monoisotopic (exact) mass is 158 g/mol. The molecular formula is C9H18O2. The van der Waals surface area contributed by atoms with E-state index >= 15 is 0 Å². The van der Waals surface area contributed by atoms with E-state index in [0.29, 0.717) is 12.0 Å². The Morgan fingerprint density at radius 1 is 1.55 bits per heavy atom. The van der Waals surface area contributed by atoms with E-state index in [0.717, 1.165) is 12.8 Å². The lowest BCUT2D eigenvalue weighted by molar-refractivity contribution is -0.0851. The summed E-state index contributed by atoms with van der Waals surface area (Å²) in [6.45, 7) is 6.46. The molecular weight excluding hydrogens is 140 g/mol. The molecule has 1 saturated heterocycles. The lowest BCUT2D eigenvalue weighted by Gasteiger charge is -2.29. The van der Waals surface area contributed by atoms with Crippen molar-refractivity contribution in [1.29, 1.82) is 0 Å². The van der Waals surface area contributed by atoms with E-state index in [2.05, 4.69) is 20.8 Å². The van der Waals surface area contributed by atoms with Crippen molar-refractivity contribution < 1.29 is 9.84 Å². The normalized spacial score (nSPS) is 44.7. The summed E-state index contributed by atoms with van der Waals surface area (Å²) >= 11 is 0. The van der Waals surface area contributed by atoms with Crippen LogP contribution < -0.4 is 0 Å². The molecule has 2 nitrogen and oxygen atoms in total. The van der Waals surface area contributed by atoms with Gasteiger partial charge in [-0.25, -0.2) is 0 Å². The van der Waals surface area contributed by atoms with Crippen LogP contribution in [-0.4, -0.2) is 23.4 Å². The third kappa shape index (κ3) is 1.42. The van der Waals surface area contributed by atoms with Crippen LogP contribution in [0.25, 0.3) is 0 Å². The molecule has 0 aromatic carbocycles. The molecule has 66 valence electrons. The first-order chi connectivity index (χ1) is 5.14. The maximum atomic E-state index is 9.18. The molecule has 0 bridgehead atoms. The average molecular weight is 158 g/mol. The zero-order chi connectivity index (χ0) is 8.48. The Balaban J connectivity index is 2.67. The molecule has 0 radical (unpaired) electrons. The smallest absolute Gasteiger partial charge is 0.0939 e. The van der Waals surface area contributed by atoms with E-state index in [-0.39, 0.29) is 12.2 Å². The van der Waals surface area contributed by atoms with Crippen molar-refractivity contribution in [2.75, 3.05) is 6.61 Å². The molecule has 0 unspecified atom stereocenters. The number of hydrogen-bond donors (Lipinski definition) is 1. The fraction of sp³-hybridized carbons (Fsp3) is 1.00. The van der Waals surface area contributed by atoms with Crippen molar-refractivity contribution >= 4 is 0 Å². The van der Waals surface area contributed by atoms with Crippen LogP contribution >= 0.6 is 0 Å². The number of hydrogen-bond acceptors (Lipinski definition) is 2. The SMILES string of the molecule is CC[C@@]1(CO)O[C@@H](C)C[C@H]1C. The summed E-state index contributed by atoms with van der Waals surface area (Å²) < 4.78 is 5.71. The highest BCUT2D eigenvalue weighted by Crippen LogP contribution is 2.37. The Hall–Kier alpha value is -0.0800. The summed E-state index contributed by atoms with van der Waals surface area (Å²) in [5.74, 6) is 0.493. The Kier molecular flexibility index (Phi) is 2.55. The van der Waals surface area contributed by atoms with Crippen LogP contribution in [0, 0.1) is 5.92 Å². The molecule has 11 heavy (non-hydrogen) atoms. The molecule has 1 heterocycles. The van der Waals surface area contributed by atoms with Crippen molar-refractivity contribution in [2.45, 2.75) is 45.3 Å². The molecule has 0 aliphatic carbocycles. The highest BCUT2D eigenvalue weighted by atomic mass is 16.5. The van der Waals surface area contributed by atoms with Crippen molar-refractivity contribution in [1.82, 2.24) is 0 Å². The van der Waals surface area contributed by atoms with Crippen LogP contribution in [0.4, 0.5) is 0 Å². The molecule has 0 saturated carbocycles. The Morgan fingerprint density at radius 2 is 2.18 bits per heavy atom. The number of aliphatic hydroxyl groups excluding tert-OH is 1. The second kappa shape index (κ2) is 3.11. The van der Waals surface area contributed by atoms with Gasteiger partial charge in [0, 0.05) is 0 Å². The standard InChI is InChI=1S/C9H18O2/c1-4-9(6-10)7(2)5-8(3)11-9/h7-8,10H,4-6H2,1-3H3/t7-,8+,9+/m1/s1. The van der Waals surface area contributed by atoms with Crippen LogP contribution in [-0.2, 0) is 4.74 Å². The minimum absolute atomic E-state index is 0.162. The largest absolute Gasteiger partial charge is 0.393 e. The third-order valence-electron chi connectivity index (χ3n) is 2.89. The van der Waals surface area contributed by atoms with Crippen molar-refractivity contribution in [2.24, 2.45) is 5.92 Å². The number of aliphatic hydroxyl groups is 1. The summed E-state index contributed by atoms with van der Waals surface area (Å²) in [5, 5.41) is 9.18. The molecule has 1 aliphatic rings. The highest BCUT2D eigenvalue weighted by Gasteiger charge is 2.42. The molecule has 2 heteroatoms. The van der Waals surface area contributed by atoms with Crippen LogP contribution in [0.2, 0.25) is 0 Å². The van der Waals surface area contributed by atoms with Crippen molar-refractivity contribution in [3.8, 4) is 0 Å². The first-order valence-electron chi connectivity index (χ1n) is 4.43. The second-order valence-electron chi connectivity index (χ2n) is 3.64. The van der Waals surface area contributed by atoms with Crippen LogP contribution in [0.3, 0.4) is 0 Å². The van der Waals surface area contributed by atoms with Crippen molar-refractivity contribution in [3.63, 3.8) is 0 Å². The molecule has 0 aromatic rings. The van der Waals surface area contributed by atoms with Gasteiger partial charge in [-0.1, -0.05) is 13.8 Å². The maximum Gasteiger partial charge on any atom is 0.0939 e. The van der Waals surface area contributed by atoms with E-state index in [1.165, 1.54) is 0 Å². The van der Waals surface area contributed by atoms with Gasteiger partial charge >= 0.3 is 0 Å². The Morgan fingerprint density at radius 3 is 2.36 bits per heavy atom. The molecule has 0 spiro atoms. The molecule has 3 atom stereocenters. The number of ether oxygens (including phenoxy) is 1. The second-order valence-corrected chi connectivity index (χ2v) is 3.64. The van der Waals surface area contributed by atoms with E-state index in [1.54, 1.807) is 0 Å². The fourth-order valence-electron chi connectivity index (χ4n) is 2.01. The highest BCUT2D eigenvalue weighted by molar-refractivity contribution is 4.91. The topological polar surface area (TPSA) is 29.5 Å². The molecule has 0 aromatic heterocycles. The van der Waals surface area contributed by atoms with Gasteiger partial charge in [0.2, 0.25) is 0 Å². The fourth-order valence-corrected chi connectivity index (χ4v) is 2.01. The molecule has 0 amide bonds. The zero-order valence-electron chi connectivity index (χ0n) is 7.63. The summed E-state index contributed by atoms with van der Waals surface area (Å²) in [6, 6.07) is 0. The first kappa shape index (κ1) is 9.01. The lowest BCUT2D eigenvalue weighted by Crippen LogP contribution is -2.37. The number of rotatable bonds is 2. The summed E-state index contributed by atoms with van der Waals surface area (Å²) in [6.07, 6.45) is 2.31. The first-order valence-corrected chi connectivity index (χ1v) is 4.43. The zero-order valence-corrected chi connectivity index (χ0v) is 7.63. The van der Waals surface area contributed by atoms with Crippen LogP contribution in [0.15, 0.2) is 0 Å². The predicted molar refractivity (Wildman–Crippen MR) is 44.4 cm³/mol. The van der Waals surface area contributed by atoms with Gasteiger partial charge in [-0.15, -0.1) is 0 Å². The van der Waals surface area contributed by atoms with Gasteiger partial charge in [0.1, 0.15) is 0 Å². The molecule has 1 fully saturated rings. The van der Waals surface area contributed by atoms with Gasteiger partial charge in [0.25, 0.3) is 0 Å². The summed E-state index contributed by atoms with van der Waals surface area (Å²) in [7, 11) is 0. The minimum Gasteiger partial charge on any atom is -0.393 e. The van der Waals surface area contributed by atoms with Crippen LogP contribution in [0.5, 0.6) is 0 Å². The van der Waals surface area contributed by atoms with E-state index < -0.39 is 0 Å². The van der Waals surface area contributed by atoms with E-state index in [1.807, 2.05) is 0 Å². The van der Waals surface area contributed by atoms with Crippen LogP contribution in [0.1, 0.15) is 33.6 Å². The van der Waals surface area contributed by atoms with Gasteiger partial charge < -0.3 is 9.84 Å². The van der Waals surface area contributed by atoms with Gasteiger partial charge in [-0.05, 0) is 25.7 Å². The minimum atomic E-state index is -0.237. The molecule has 1 aliphatic heterocycles. The van der Waals surface area contributed by atoms with Gasteiger partial charge in [0.15, 0.2) is 0 Å². The third-order valence-corrected chi connectivity index (χ3v) is 2.89. The Bertz CT molecular complexity index is 130.